The summed E-state index contributed by atoms with van der Waals surface area (Å²) >= 11 is 0. The number of hydrogen-bond donors (Lipinski definition) is 0. The maximum atomic E-state index is 12.7. The highest BCUT2D eigenvalue weighted by Gasteiger charge is 2.33. The third-order valence-corrected chi connectivity index (χ3v) is 4.63. The van der Waals surface area contributed by atoms with Crippen LogP contribution in [-0.2, 0) is 0 Å². The van der Waals surface area contributed by atoms with Gasteiger partial charge >= 0.3 is 6.36 Å². The van der Waals surface area contributed by atoms with E-state index in [-0.39, 0.29) is 11.7 Å². The van der Waals surface area contributed by atoms with E-state index >= 15 is 0 Å². The van der Waals surface area contributed by atoms with Gasteiger partial charge in [-0.15, -0.1) is 13.2 Å². The van der Waals surface area contributed by atoms with Gasteiger partial charge in [0.25, 0.3) is 0 Å². The highest BCUT2D eigenvalue weighted by molar-refractivity contribution is 5.55. The lowest BCUT2D eigenvalue weighted by Crippen LogP contribution is -2.34. The third kappa shape index (κ3) is 5.32. The van der Waals surface area contributed by atoms with E-state index in [0.717, 1.165) is 37.5 Å². The van der Waals surface area contributed by atoms with Crippen LogP contribution >= 0.6 is 0 Å². The second-order valence-electron chi connectivity index (χ2n) is 7.48. The molecule has 0 amide bonds. The van der Waals surface area contributed by atoms with Gasteiger partial charge in [0.1, 0.15) is 5.75 Å². The SMILES string of the molecule is CC(C)CC1CCN(c2ccc(C(C)C)c(OC(F)(F)F)c2)CC1. The molecule has 0 aromatic heterocycles. The summed E-state index contributed by atoms with van der Waals surface area (Å²) in [5.74, 6) is 1.33. The second-order valence-corrected chi connectivity index (χ2v) is 7.48. The fourth-order valence-electron chi connectivity index (χ4n) is 3.50. The van der Waals surface area contributed by atoms with Gasteiger partial charge in [-0.1, -0.05) is 33.8 Å². The molecule has 1 aliphatic rings. The van der Waals surface area contributed by atoms with Crippen molar-refractivity contribution in [2.45, 2.75) is 59.2 Å². The van der Waals surface area contributed by atoms with Crippen LogP contribution in [0.3, 0.4) is 0 Å². The molecular weight excluding hydrogens is 315 g/mol. The molecule has 0 aliphatic carbocycles. The van der Waals surface area contributed by atoms with Crippen molar-refractivity contribution in [3.63, 3.8) is 0 Å². The molecule has 2 nitrogen and oxygen atoms in total. The minimum atomic E-state index is -4.66. The normalized spacial score (nSPS) is 17.0. The zero-order chi connectivity index (χ0) is 17.9. The van der Waals surface area contributed by atoms with Gasteiger partial charge in [0.05, 0.1) is 0 Å². The Labute approximate surface area is 143 Å². The van der Waals surface area contributed by atoms with Crippen molar-refractivity contribution in [2.24, 2.45) is 11.8 Å². The molecule has 2 rings (SSSR count). The van der Waals surface area contributed by atoms with E-state index in [2.05, 4.69) is 23.5 Å². The third-order valence-electron chi connectivity index (χ3n) is 4.63. The molecule has 0 bridgehead atoms. The first-order chi connectivity index (χ1) is 11.2. The van der Waals surface area contributed by atoms with Crippen molar-refractivity contribution >= 4 is 5.69 Å². The topological polar surface area (TPSA) is 12.5 Å². The van der Waals surface area contributed by atoms with Crippen LogP contribution in [0.25, 0.3) is 0 Å². The summed E-state index contributed by atoms with van der Waals surface area (Å²) in [5.41, 5.74) is 1.41. The molecule has 0 atom stereocenters. The monoisotopic (exact) mass is 343 g/mol. The van der Waals surface area contributed by atoms with Crippen molar-refractivity contribution in [2.75, 3.05) is 18.0 Å². The van der Waals surface area contributed by atoms with Crippen LogP contribution in [0, 0.1) is 11.8 Å². The van der Waals surface area contributed by atoms with Crippen molar-refractivity contribution in [1.82, 2.24) is 0 Å². The van der Waals surface area contributed by atoms with Crippen LogP contribution in [0.4, 0.5) is 18.9 Å². The zero-order valence-corrected chi connectivity index (χ0v) is 15.0. The van der Waals surface area contributed by atoms with E-state index < -0.39 is 6.36 Å². The van der Waals surface area contributed by atoms with Gasteiger partial charge < -0.3 is 9.64 Å². The van der Waals surface area contributed by atoms with Crippen LogP contribution in [0.15, 0.2) is 18.2 Å². The molecule has 1 heterocycles. The van der Waals surface area contributed by atoms with Crippen LogP contribution in [0.5, 0.6) is 5.75 Å². The van der Waals surface area contributed by atoms with Crippen molar-refractivity contribution in [3.05, 3.63) is 23.8 Å². The highest BCUT2D eigenvalue weighted by atomic mass is 19.4. The maximum Gasteiger partial charge on any atom is 0.573 e. The van der Waals surface area contributed by atoms with Crippen molar-refractivity contribution in [1.29, 1.82) is 0 Å². The number of halogens is 3. The van der Waals surface area contributed by atoms with E-state index in [1.165, 1.54) is 6.42 Å². The Morgan fingerprint density at radius 1 is 1.12 bits per heavy atom. The highest BCUT2D eigenvalue weighted by Crippen LogP contribution is 2.36. The van der Waals surface area contributed by atoms with E-state index in [1.807, 2.05) is 19.9 Å². The number of piperidine rings is 1. The van der Waals surface area contributed by atoms with Gasteiger partial charge in [-0.3, -0.25) is 0 Å². The molecule has 24 heavy (non-hydrogen) atoms. The zero-order valence-electron chi connectivity index (χ0n) is 15.0. The molecular formula is C19H28F3NO. The Bertz CT molecular complexity index is 532. The van der Waals surface area contributed by atoms with Crippen LogP contribution in [-0.4, -0.2) is 19.5 Å². The van der Waals surface area contributed by atoms with Gasteiger partial charge in [-0.05, 0) is 48.6 Å². The standard InChI is InChI=1S/C19H28F3NO/c1-13(2)11-15-7-9-23(10-8-15)16-5-6-17(14(3)4)18(12-16)24-19(20,21)22/h5-6,12-15H,7-11H2,1-4H3. The first-order valence-electron chi connectivity index (χ1n) is 8.80. The van der Waals surface area contributed by atoms with Gasteiger partial charge in [-0.2, -0.15) is 0 Å². The summed E-state index contributed by atoms with van der Waals surface area (Å²) in [6.07, 6.45) is -1.24. The summed E-state index contributed by atoms with van der Waals surface area (Å²) in [6, 6.07) is 5.23. The molecule has 1 saturated heterocycles. The number of anilines is 1. The van der Waals surface area contributed by atoms with Crippen molar-refractivity contribution in [3.8, 4) is 5.75 Å². The lowest BCUT2D eigenvalue weighted by Gasteiger charge is -2.34. The Morgan fingerprint density at radius 2 is 1.75 bits per heavy atom. The van der Waals surface area contributed by atoms with Gasteiger partial charge in [0, 0.05) is 24.8 Å². The molecule has 0 N–H and O–H groups in total. The number of alkyl halides is 3. The number of hydrogen-bond acceptors (Lipinski definition) is 2. The molecule has 1 aromatic rings. The number of rotatable bonds is 5. The Balaban J connectivity index is 2.12. The first-order valence-corrected chi connectivity index (χ1v) is 8.80. The van der Waals surface area contributed by atoms with Crippen LogP contribution < -0.4 is 9.64 Å². The molecule has 1 aromatic carbocycles. The lowest BCUT2D eigenvalue weighted by molar-refractivity contribution is -0.274. The molecule has 1 fully saturated rings. The maximum absolute atomic E-state index is 12.7. The summed E-state index contributed by atoms with van der Waals surface area (Å²) in [4.78, 5) is 2.17. The second kappa shape index (κ2) is 7.66. The first kappa shape index (κ1) is 18.9. The summed E-state index contributed by atoms with van der Waals surface area (Å²) in [5, 5.41) is 0. The fraction of sp³-hybridized carbons (Fsp3) is 0.684. The molecule has 0 radical (unpaired) electrons. The molecule has 0 saturated carbocycles. The summed E-state index contributed by atoms with van der Waals surface area (Å²) in [6.45, 7) is 9.99. The minimum Gasteiger partial charge on any atom is -0.405 e. The Hall–Kier alpha value is -1.39. The van der Waals surface area contributed by atoms with Gasteiger partial charge in [-0.25, -0.2) is 0 Å². The van der Waals surface area contributed by atoms with Gasteiger partial charge in [0.2, 0.25) is 0 Å². The van der Waals surface area contributed by atoms with Crippen LogP contribution in [0.1, 0.15) is 58.4 Å². The van der Waals surface area contributed by atoms with E-state index in [1.54, 1.807) is 12.1 Å². The fourth-order valence-corrected chi connectivity index (χ4v) is 3.50. The molecule has 1 aliphatic heterocycles. The average Bonchev–Trinajstić information content (AvgIpc) is 2.45. The Morgan fingerprint density at radius 3 is 2.25 bits per heavy atom. The predicted molar refractivity (Wildman–Crippen MR) is 91.6 cm³/mol. The minimum absolute atomic E-state index is 0.0202. The average molecular weight is 343 g/mol. The number of nitrogens with zero attached hydrogens (tertiary/aromatic N) is 1. The van der Waals surface area contributed by atoms with Crippen molar-refractivity contribution < 1.29 is 17.9 Å². The number of ether oxygens (including phenoxy) is 1. The van der Waals surface area contributed by atoms with E-state index in [9.17, 15) is 13.2 Å². The van der Waals surface area contributed by atoms with Crippen LogP contribution in [0.2, 0.25) is 0 Å². The molecule has 136 valence electrons. The lowest BCUT2D eigenvalue weighted by atomic mass is 9.88. The van der Waals surface area contributed by atoms with E-state index in [0.29, 0.717) is 11.5 Å². The quantitative estimate of drug-likeness (QED) is 0.653. The van der Waals surface area contributed by atoms with E-state index in [4.69, 9.17) is 0 Å². The Kier molecular flexibility index (Phi) is 6.05. The smallest absolute Gasteiger partial charge is 0.405 e. The molecule has 5 heteroatoms. The largest absolute Gasteiger partial charge is 0.573 e. The predicted octanol–water partition coefficient (Wildman–Crippen LogP) is 5.97. The van der Waals surface area contributed by atoms with Gasteiger partial charge in [0.15, 0.2) is 0 Å². The molecule has 0 spiro atoms. The summed E-state index contributed by atoms with van der Waals surface area (Å²) < 4.78 is 42.4. The summed E-state index contributed by atoms with van der Waals surface area (Å²) in [7, 11) is 0. The molecule has 0 unspecified atom stereocenters. The number of benzene rings is 1.